The van der Waals surface area contributed by atoms with Crippen molar-refractivity contribution in [2.45, 2.75) is 19.3 Å². The van der Waals surface area contributed by atoms with E-state index in [0.717, 1.165) is 17.7 Å². The number of anilines is 1. The monoisotopic (exact) mass is 620 g/mol. The molecule has 0 aliphatic heterocycles. The van der Waals surface area contributed by atoms with Crippen molar-refractivity contribution in [1.82, 2.24) is 15.1 Å². The van der Waals surface area contributed by atoms with E-state index < -0.39 is 29.9 Å². The number of nitrogens with one attached hydrogen (secondary N) is 2. The molecule has 0 bridgehead atoms. The van der Waals surface area contributed by atoms with E-state index in [4.69, 9.17) is 28.3 Å². The molecule has 0 unspecified atom stereocenters. The van der Waals surface area contributed by atoms with E-state index in [2.05, 4.69) is 20.5 Å². The summed E-state index contributed by atoms with van der Waals surface area (Å²) in [6.07, 6.45) is -5.04. The number of rotatable bonds is 10. The van der Waals surface area contributed by atoms with Gasteiger partial charge in [-0.15, -0.1) is 13.2 Å². The second-order valence-corrected chi connectivity index (χ2v) is 9.64. The molecule has 4 aromatic rings. The van der Waals surface area contributed by atoms with Crippen LogP contribution in [-0.2, 0) is 11.3 Å². The van der Waals surface area contributed by atoms with Crippen molar-refractivity contribution in [2.24, 2.45) is 0 Å². The van der Waals surface area contributed by atoms with Crippen LogP contribution in [0, 0.1) is 0 Å². The first-order chi connectivity index (χ1) is 19.9. The van der Waals surface area contributed by atoms with E-state index in [1.165, 1.54) is 18.2 Å². The van der Waals surface area contributed by atoms with Crippen LogP contribution >= 0.6 is 23.2 Å². The van der Waals surface area contributed by atoms with E-state index in [1.54, 1.807) is 47.1 Å². The second kappa shape index (κ2) is 13.0. The lowest BCUT2D eigenvalue weighted by atomic mass is 10.1. The van der Waals surface area contributed by atoms with Crippen LogP contribution in [0.25, 0.3) is 11.3 Å². The summed E-state index contributed by atoms with van der Waals surface area (Å²) < 4.78 is 42.7. The first-order valence-electron chi connectivity index (χ1n) is 12.2. The molecule has 0 fully saturated rings. The van der Waals surface area contributed by atoms with Crippen molar-refractivity contribution in [3.05, 3.63) is 99.7 Å². The minimum absolute atomic E-state index is 0.00740. The van der Waals surface area contributed by atoms with Crippen LogP contribution in [0.3, 0.4) is 0 Å². The third-order valence-corrected chi connectivity index (χ3v) is 6.49. The smallest absolute Gasteiger partial charge is 0.481 e. The molecule has 0 saturated carbocycles. The highest BCUT2D eigenvalue weighted by Gasteiger charge is 2.31. The van der Waals surface area contributed by atoms with Crippen LogP contribution in [0.2, 0.25) is 10.0 Å². The number of amides is 2. The highest BCUT2D eigenvalue weighted by Crippen LogP contribution is 2.30. The van der Waals surface area contributed by atoms with E-state index in [0.29, 0.717) is 21.8 Å². The van der Waals surface area contributed by atoms with Gasteiger partial charge in [-0.2, -0.15) is 5.10 Å². The van der Waals surface area contributed by atoms with Crippen LogP contribution in [0.4, 0.5) is 18.9 Å². The number of carbonyl (C=O) groups is 3. The Balaban J connectivity index is 1.55. The third-order valence-electron chi connectivity index (χ3n) is 5.75. The van der Waals surface area contributed by atoms with Gasteiger partial charge in [0.2, 0.25) is 0 Å². The summed E-state index contributed by atoms with van der Waals surface area (Å²) in [5.74, 6) is -2.50. The second-order valence-electron chi connectivity index (χ2n) is 8.82. The molecule has 3 N–H and O–H groups in total. The van der Waals surface area contributed by atoms with Crippen molar-refractivity contribution in [3.63, 3.8) is 0 Å². The SMILES string of the molecule is O=C(O)CCNC(=O)c1ccc(Cn2nc(C(=O)Nc3ccc(OC(F)(F)F)cc3)cc2-c2ccc(Cl)c(Cl)c2)cc1. The summed E-state index contributed by atoms with van der Waals surface area (Å²) in [5, 5.41) is 18.9. The summed E-state index contributed by atoms with van der Waals surface area (Å²) >= 11 is 12.3. The Morgan fingerprint density at radius 3 is 2.21 bits per heavy atom. The lowest BCUT2D eigenvalue weighted by molar-refractivity contribution is -0.274. The lowest BCUT2D eigenvalue weighted by Crippen LogP contribution is -2.25. The Hall–Kier alpha value is -4.55. The molecule has 218 valence electrons. The number of aromatic nitrogens is 2. The Morgan fingerprint density at radius 2 is 1.60 bits per heavy atom. The summed E-state index contributed by atoms with van der Waals surface area (Å²) in [5.41, 5.74) is 2.43. The van der Waals surface area contributed by atoms with Crippen LogP contribution in [-0.4, -0.2) is 45.6 Å². The number of ether oxygens (including phenoxy) is 1. The van der Waals surface area contributed by atoms with Gasteiger partial charge in [-0.1, -0.05) is 41.4 Å². The number of hydrogen-bond donors (Lipinski definition) is 3. The molecule has 9 nitrogen and oxygen atoms in total. The summed E-state index contributed by atoms with van der Waals surface area (Å²) in [4.78, 5) is 35.9. The standard InChI is InChI=1S/C28H21Cl2F3N4O5/c29-21-10-5-18(13-22(21)30)24-14-23(27(41)35-19-6-8-20(9-7-19)42-28(31,32)33)36-37(24)15-16-1-3-17(4-2-16)26(40)34-12-11-25(38)39/h1-10,13-14H,11-12,15H2,(H,34,40)(H,35,41)(H,38,39). The van der Waals surface area contributed by atoms with Crippen LogP contribution in [0.5, 0.6) is 5.75 Å². The molecular weight excluding hydrogens is 600 g/mol. The first-order valence-corrected chi connectivity index (χ1v) is 12.9. The van der Waals surface area contributed by atoms with E-state index >= 15 is 0 Å². The van der Waals surface area contributed by atoms with Gasteiger partial charge < -0.3 is 20.5 Å². The number of benzene rings is 3. The fourth-order valence-electron chi connectivity index (χ4n) is 3.79. The quantitative estimate of drug-likeness (QED) is 0.192. The Kier molecular flexibility index (Phi) is 9.38. The number of aliphatic carboxylic acids is 1. The number of alkyl halides is 3. The third kappa shape index (κ3) is 8.24. The molecule has 3 aromatic carbocycles. The number of carboxylic acid groups (broad SMARTS) is 1. The van der Waals surface area contributed by atoms with Crippen molar-refractivity contribution >= 4 is 46.7 Å². The molecule has 4 rings (SSSR count). The molecule has 0 saturated heterocycles. The fourth-order valence-corrected chi connectivity index (χ4v) is 4.09. The zero-order valence-electron chi connectivity index (χ0n) is 21.4. The van der Waals surface area contributed by atoms with Crippen LogP contribution in [0.1, 0.15) is 32.8 Å². The summed E-state index contributed by atoms with van der Waals surface area (Å²) in [6, 6.07) is 17.6. The van der Waals surface area contributed by atoms with Gasteiger partial charge in [-0.05, 0) is 60.2 Å². The maximum Gasteiger partial charge on any atom is 0.573 e. The Bertz CT molecular complexity index is 1610. The van der Waals surface area contributed by atoms with Crippen molar-refractivity contribution < 1.29 is 37.4 Å². The molecule has 0 aliphatic rings. The van der Waals surface area contributed by atoms with Crippen LogP contribution in [0.15, 0.2) is 72.8 Å². The average molecular weight is 621 g/mol. The lowest BCUT2D eigenvalue weighted by Gasteiger charge is -2.10. The van der Waals surface area contributed by atoms with E-state index in [1.807, 2.05) is 0 Å². The number of carboxylic acids is 1. The minimum atomic E-state index is -4.84. The zero-order valence-corrected chi connectivity index (χ0v) is 22.9. The fraction of sp³-hybridized carbons (Fsp3) is 0.143. The Morgan fingerprint density at radius 1 is 0.905 bits per heavy atom. The van der Waals surface area contributed by atoms with Gasteiger partial charge >= 0.3 is 12.3 Å². The van der Waals surface area contributed by atoms with Gasteiger partial charge in [-0.25, -0.2) is 0 Å². The maximum atomic E-state index is 13.0. The molecular formula is C28H21Cl2F3N4O5. The number of carbonyl (C=O) groups excluding carboxylic acids is 2. The predicted molar refractivity (Wildman–Crippen MR) is 149 cm³/mol. The molecule has 1 aromatic heterocycles. The highest BCUT2D eigenvalue weighted by atomic mass is 35.5. The van der Waals surface area contributed by atoms with Crippen LogP contribution < -0.4 is 15.4 Å². The molecule has 2 amide bonds. The van der Waals surface area contributed by atoms with Crippen molar-refractivity contribution in [1.29, 1.82) is 0 Å². The zero-order chi connectivity index (χ0) is 30.4. The summed E-state index contributed by atoms with van der Waals surface area (Å²) in [6.45, 7) is 0.180. The van der Waals surface area contributed by atoms with Crippen molar-refractivity contribution in [3.8, 4) is 17.0 Å². The highest BCUT2D eigenvalue weighted by molar-refractivity contribution is 6.42. The molecule has 0 atom stereocenters. The molecule has 0 spiro atoms. The van der Waals surface area contributed by atoms with E-state index in [9.17, 15) is 27.6 Å². The molecule has 14 heteroatoms. The number of nitrogens with zero attached hydrogens (tertiary/aromatic N) is 2. The molecule has 0 radical (unpaired) electrons. The van der Waals surface area contributed by atoms with Gasteiger partial charge in [0.1, 0.15) is 5.75 Å². The average Bonchev–Trinajstić information content (AvgIpc) is 3.34. The summed E-state index contributed by atoms with van der Waals surface area (Å²) in [7, 11) is 0. The molecule has 42 heavy (non-hydrogen) atoms. The van der Waals surface area contributed by atoms with E-state index in [-0.39, 0.29) is 35.9 Å². The topological polar surface area (TPSA) is 123 Å². The normalized spacial score (nSPS) is 11.2. The maximum absolute atomic E-state index is 13.0. The largest absolute Gasteiger partial charge is 0.573 e. The van der Waals surface area contributed by atoms with Gasteiger partial charge in [0.15, 0.2) is 5.69 Å². The Labute approximate surface area is 246 Å². The number of hydrogen-bond acceptors (Lipinski definition) is 5. The predicted octanol–water partition coefficient (Wildman–Crippen LogP) is 6.26. The minimum Gasteiger partial charge on any atom is -0.481 e. The molecule has 0 aliphatic carbocycles. The number of halogens is 5. The van der Waals surface area contributed by atoms with Gasteiger partial charge in [0.05, 0.1) is 28.7 Å². The first kappa shape index (κ1) is 30.4. The van der Waals surface area contributed by atoms with Gasteiger partial charge in [0, 0.05) is 23.4 Å². The van der Waals surface area contributed by atoms with Crippen molar-refractivity contribution in [2.75, 3.05) is 11.9 Å². The molecule has 1 heterocycles. The van der Waals surface area contributed by atoms with Gasteiger partial charge in [-0.3, -0.25) is 19.1 Å². The van der Waals surface area contributed by atoms with Gasteiger partial charge in [0.25, 0.3) is 11.8 Å².